The highest BCUT2D eigenvalue weighted by Crippen LogP contribution is 2.34. The summed E-state index contributed by atoms with van der Waals surface area (Å²) in [6.07, 6.45) is 1.75. The molecule has 2 aromatic heterocycles. The molecule has 170 valence electrons. The van der Waals surface area contributed by atoms with Crippen LogP contribution in [0.1, 0.15) is 5.89 Å². The van der Waals surface area contributed by atoms with E-state index in [-0.39, 0.29) is 0 Å². The average Bonchev–Trinajstić information content (AvgIpc) is 3.55. The molecule has 0 radical (unpaired) electrons. The minimum absolute atomic E-state index is 0.507. The normalized spacial score (nSPS) is 10.9. The molecule has 5 rings (SSSR count). The Bertz CT molecular complexity index is 1380. The number of para-hydroxylation sites is 1. The van der Waals surface area contributed by atoms with Crippen molar-refractivity contribution in [2.45, 2.75) is 10.9 Å². The Hall–Kier alpha value is -4.04. The molecule has 0 saturated carbocycles. The first-order chi connectivity index (χ1) is 16.8. The van der Waals surface area contributed by atoms with Crippen molar-refractivity contribution in [1.29, 1.82) is 0 Å². The molecule has 0 spiro atoms. The fourth-order valence-corrected chi connectivity index (χ4v) is 4.38. The first-order valence-corrected chi connectivity index (χ1v) is 11.6. The Morgan fingerprint density at radius 2 is 1.62 bits per heavy atom. The lowest BCUT2D eigenvalue weighted by molar-refractivity contribution is 0.414. The number of methoxy groups -OCH3 is 2. The van der Waals surface area contributed by atoms with Gasteiger partial charge in [-0.3, -0.25) is 4.57 Å². The summed E-state index contributed by atoms with van der Waals surface area (Å²) in [5.41, 5.74) is 2.75. The molecule has 0 aliphatic rings. The van der Waals surface area contributed by atoms with Gasteiger partial charge in [0.2, 0.25) is 5.89 Å². The highest BCUT2D eigenvalue weighted by molar-refractivity contribution is 7.98. The van der Waals surface area contributed by atoms with E-state index in [0.717, 1.165) is 34.1 Å². The second kappa shape index (κ2) is 9.84. The predicted molar refractivity (Wildman–Crippen MR) is 131 cm³/mol. The molecule has 8 heteroatoms. The number of hydrogen-bond acceptors (Lipinski definition) is 7. The molecule has 34 heavy (non-hydrogen) atoms. The summed E-state index contributed by atoms with van der Waals surface area (Å²) >= 11 is 1.50. The number of thioether (sulfide) groups is 1. The smallest absolute Gasteiger partial charge is 0.205 e. The second-order valence-electron chi connectivity index (χ2n) is 7.31. The van der Waals surface area contributed by atoms with Gasteiger partial charge in [-0.2, -0.15) is 0 Å². The van der Waals surface area contributed by atoms with Crippen LogP contribution in [0.3, 0.4) is 0 Å². The first kappa shape index (κ1) is 21.8. The van der Waals surface area contributed by atoms with Crippen molar-refractivity contribution in [1.82, 2.24) is 19.7 Å². The maximum atomic E-state index is 5.97. The lowest BCUT2D eigenvalue weighted by Gasteiger charge is -2.12. The summed E-state index contributed by atoms with van der Waals surface area (Å²) in [6.45, 7) is 0. The highest BCUT2D eigenvalue weighted by atomic mass is 32.2. The number of rotatable bonds is 8. The first-order valence-electron chi connectivity index (χ1n) is 10.6. The number of oxazole rings is 1. The van der Waals surface area contributed by atoms with Gasteiger partial charge in [-0.25, -0.2) is 4.98 Å². The van der Waals surface area contributed by atoms with Gasteiger partial charge in [0.05, 0.1) is 37.4 Å². The molecular weight excluding hydrogens is 448 g/mol. The molecule has 0 atom stereocenters. The molecule has 7 nitrogen and oxygen atoms in total. The van der Waals surface area contributed by atoms with E-state index in [0.29, 0.717) is 22.6 Å². The molecule has 0 aliphatic heterocycles. The van der Waals surface area contributed by atoms with Crippen LogP contribution in [0.4, 0.5) is 0 Å². The molecule has 5 aromatic rings. The summed E-state index contributed by atoms with van der Waals surface area (Å²) in [5, 5.41) is 9.71. The van der Waals surface area contributed by atoms with Crippen LogP contribution in [-0.2, 0) is 5.75 Å². The number of nitrogens with zero attached hydrogens (tertiary/aromatic N) is 4. The van der Waals surface area contributed by atoms with Crippen molar-refractivity contribution in [2.75, 3.05) is 14.2 Å². The number of benzene rings is 3. The summed E-state index contributed by atoms with van der Waals surface area (Å²) < 4.78 is 18.9. The van der Waals surface area contributed by atoms with Crippen LogP contribution in [0.25, 0.3) is 28.4 Å². The largest absolute Gasteiger partial charge is 0.497 e. The van der Waals surface area contributed by atoms with E-state index < -0.39 is 0 Å². The summed E-state index contributed by atoms with van der Waals surface area (Å²) in [7, 11) is 3.30. The Kier molecular flexibility index (Phi) is 6.31. The molecule has 0 aliphatic carbocycles. The van der Waals surface area contributed by atoms with Crippen molar-refractivity contribution in [3.8, 4) is 39.9 Å². The Balaban J connectivity index is 1.48. The van der Waals surface area contributed by atoms with Gasteiger partial charge in [-0.1, -0.05) is 54.2 Å². The standard InChI is InChI=1S/C26H22N4O3S/c1-31-20-14-12-19(13-15-20)30-25(21-10-6-7-11-22(21)32-2)28-29-26(30)34-17-24-27-16-23(33-24)18-8-4-3-5-9-18/h3-16H,17H2,1-2H3. The molecule has 0 amide bonds. The fourth-order valence-electron chi connectivity index (χ4n) is 3.57. The van der Waals surface area contributed by atoms with E-state index in [9.17, 15) is 0 Å². The highest BCUT2D eigenvalue weighted by Gasteiger charge is 2.20. The Morgan fingerprint density at radius 1 is 0.853 bits per heavy atom. The van der Waals surface area contributed by atoms with E-state index in [1.165, 1.54) is 11.8 Å². The van der Waals surface area contributed by atoms with Crippen molar-refractivity contribution >= 4 is 11.8 Å². The molecule has 0 saturated heterocycles. The third-order valence-corrected chi connectivity index (χ3v) is 6.16. The number of ether oxygens (including phenoxy) is 2. The molecule has 0 unspecified atom stereocenters. The van der Waals surface area contributed by atoms with Crippen molar-refractivity contribution in [3.05, 3.63) is 91.0 Å². The second-order valence-corrected chi connectivity index (χ2v) is 8.26. The molecular formula is C26H22N4O3S. The van der Waals surface area contributed by atoms with Gasteiger partial charge in [0, 0.05) is 5.56 Å². The van der Waals surface area contributed by atoms with Crippen molar-refractivity contribution < 1.29 is 13.9 Å². The zero-order valence-electron chi connectivity index (χ0n) is 18.7. The van der Waals surface area contributed by atoms with Gasteiger partial charge in [0.15, 0.2) is 16.7 Å². The Morgan fingerprint density at radius 3 is 2.38 bits per heavy atom. The minimum atomic E-state index is 0.507. The molecule has 0 fully saturated rings. The molecule has 3 aromatic carbocycles. The van der Waals surface area contributed by atoms with E-state index in [1.807, 2.05) is 83.4 Å². The van der Waals surface area contributed by atoms with Gasteiger partial charge in [-0.05, 0) is 36.4 Å². The zero-order chi connectivity index (χ0) is 23.3. The topological polar surface area (TPSA) is 75.2 Å². The summed E-state index contributed by atoms with van der Waals surface area (Å²) in [4.78, 5) is 4.44. The average molecular weight is 471 g/mol. The van der Waals surface area contributed by atoms with Crippen LogP contribution >= 0.6 is 11.8 Å². The van der Waals surface area contributed by atoms with E-state index in [1.54, 1.807) is 20.4 Å². The van der Waals surface area contributed by atoms with E-state index >= 15 is 0 Å². The monoisotopic (exact) mass is 470 g/mol. The number of aromatic nitrogens is 4. The van der Waals surface area contributed by atoms with Gasteiger partial charge in [0.25, 0.3) is 0 Å². The predicted octanol–water partition coefficient (Wildman–Crippen LogP) is 5.90. The zero-order valence-corrected chi connectivity index (χ0v) is 19.5. The third-order valence-electron chi connectivity index (χ3n) is 5.25. The van der Waals surface area contributed by atoms with Gasteiger partial charge in [0.1, 0.15) is 11.5 Å². The van der Waals surface area contributed by atoms with E-state index in [2.05, 4.69) is 15.2 Å². The van der Waals surface area contributed by atoms with Gasteiger partial charge in [-0.15, -0.1) is 10.2 Å². The van der Waals surface area contributed by atoms with Crippen LogP contribution < -0.4 is 9.47 Å². The Labute approximate surface area is 201 Å². The minimum Gasteiger partial charge on any atom is -0.497 e. The fraction of sp³-hybridized carbons (Fsp3) is 0.115. The van der Waals surface area contributed by atoms with Crippen LogP contribution in [-0.4, -0.2) is 34.0 Å². The van der Waals surface area contributed by atoms with Crippen LogP contribution in [0, 0.1) is 0 Å². The van der Waals surface area contributed by atoms with Crippen molar-refractivity contribution in [3.63, 3.8) is 0 Å². The quantitative estimate of drug-likeness (QED) is 0.261. The number of hydrogen-bond donors (Lipinski definition) is 0. The molecule has 0 bridgehead atoms. The van der Waals surface area contributed by atoms with Gasteiger partial charge >= 0.3 is 0 Å². The summed E-state index contributed by atoms with van der Waals surface area (Å²) in [5.74, 6) is 4.05. The van der Waals surface area contributed by atoms with E-state index in [4.69, 9.17) is 13.9 Å². The summed E-state index contributed by atoms with van der Waals surface area (Å²) in [6, 6.07) is 25.5. The maximum absolute atomic E-state index is 5.97. The maximum Gasteiger partial charge on any atom is 0.205 e. The molecule has 2 heterocycles. The lowest BCUT2D eigenvalue weighted by Crippen LogP contribution is -2.01. The van der Waals surface area contributed by atoms with Crippen molar-refractivity contribution in [2.24, 2.45) is 0 Å². The lowest BCUT2D eigenvalue weighted by atomic mass is 10.2. The third kappa shape index (κ3) is 4.40. The van der Waals surface area contributed by atoms with Crippen LogP contribution in [0.2, 0.25) is 0 Å². The van der Waals surface area contributed by atoms with Gasteiger partial charge < -0.3 is 13.9 Å². The molecule has 0 N–H and O–H groups in total. The SMILES string of the molecule is COc1ccc(-n2c(SCc3ncc(-c4ccccc4)o3)nnc2-c2ccccc2OC)cc1. The van der Waals surface area contributed by atoms with Crippen LogP contribution in [0.15, 0.2) is 94.6 Å². The van der Waals surface area contributed by atoms with Crippen LogP contribution in [0.5, 0.6) is 11.5 Å².